The Morgan fingerprint density at radius 2 is 1.60 bits per heavy atom. The second-order valence-electron chi connectivity index (χ2n) is 6.95. The number of piperazine rings is 1. The van der Waals surface area contributed by atoms with Gasteiger partial charge in [-0.3, -0.25) is 4.79 Å². The number of rotatable bonds is 3. The van der Waals surface area contributed by atoms with E-state index in [9.17, 15) is 4.79 Å². The van der Waals surface area contributed by atoms with E-state index in [1.54, 1.807) is 6.07 Å². The first-order valence-corrected chi connectivity index (χ1v) is 11.7. The molecule has 0 aliphatic carbocycles. The fourth-order valence-electron chi connectivity index (χ4n) is 3.32. The van der Waals surface area contributed by atoms with Gasteiger partial charge in [-0.25, -0.2) is 0 Å². The first-order valence-electron chi connectivity index (χ1n) is 9.36. The number of nitrogens with one attached hydrogen (secondary N) is 1. The third-order valence-corrected chi connectivity index (χ3v) is 7.53. The summed E-state index contributed by atoms with van der Waals surface area (Å²) in [5, 5.41) is 6.67. The molecule has 3 aromatic rings. The Hall–Kier alpha value is -1.57. The van der Waals surface area contributed by atoms with Crippen LogP contribution in [0.5, 0.6) is 0 Å². The third kappa shape index (κ3) is 4.68. The van der Waals surface area contributed by atoms with Crippen molar-refractivity contribution in [3.05, 3.63) is 68.0 Å². The summed E-state index contributed by atoms with van der Waals surface area (Å²) in [7, 11) is 0. The van der Waals surface area contributed by atoms with Gasteiger partial charge in [-0.1, -0.05) is 53.0 Å². The van der Waals surface area contributed by atoms with Crippen LogP contribution < -0.4 is 5.32 Å². The zero-order chi connectivity index (χ0) is 21.3. The van der Waals surface area contributed by atoms with E-state index in [0.29, 0.717) is 57.8 Å². The minimum Gasteiger partial charge on any atom is -0.358 e. The third-order valence-electron chi connectivity index (χ3n) is 5.00. The molecule has 1 aliphatic rings. The van der Waals surface area contributed by atoms with Gasteiger partial charge in [0, 0.05) is 52.9 Å². The number of fused-ring (bicyclic) bond motifs is 1. The van der Waals surface area contributed by atoms with Crippen molar-refractivity contribution in [1.82, 2.24) is 15.1 Å². The Morgan fingerprint density at radius 3 is 2.30 bits per heavy atom. The van der Waals surface area contributed by atoms with Crippen LogP contribution in [0.15, 0.2) is 42.5 Å². The summed E-state index contributed by atoms with van der Waals surface area (Å²) in [6, 6.07) is 13.1. The molecule has 4 rings (SSSR count). The highest BCUT2D eigenvalue weighted by atomic mass is 35.5. The van der Waals surface area contributed by atoms with Crippen molar-refractivity contribution in [3.8, 4) is 0 Å². The van der Waals surface area contributed by atoms with Gasteiger partial charge in [0.25, 0.3) is 5.91 Å². The van der Waals surface area contributed by atoms with E-state index in [2.05, 4.69) is 10.2 Å². The summed E-state index contributed by atoms with van der Waals surface area (Å²) in [4.78, 5) is 17.5. The second kappa shape index (κ2) is 9.28. The standard InChI is InChI=1S/C21H18Cl3N3OS2/c22-14-3-1-13(2-4-14)12-25-21(29)27-9-7-26(8-10-27)20(28)19-18(24)16-6-5-15(23)11-17(16)30-19/h1-6,11H,7-10,12H2,(H,25,29). The molecule has 0 unspecified atom stereocenters. The van der Waals surface area contributed by atoms with Crippen LogP contribution in [0.25, 0.3) is 10.1 Å². The smallest absolute Gasteiger partial charge is 0.265 e. The number of carbonyl (C=O) groups excluding carboxylic acids is 1. The first-order chi connectivity index (χ1) is 14.4. The fraction of sp³-hybridized carbons (Fsp3) is 0.238. The molecule has 1 aliphatic heterocycles. The van der Waals surface area contributed by atoms with Crippen LogP contribution in [0.4, 0.5) is 0 Å². The van der Waals surface area contributed by atoms with Gasteiger partial charge in [-0.15, -0.1) is 11.3 Å². The lowest BCUT2D eigenvalue weighted by atomic mass is 10.2. The second-order valence-corrected chi connectivity index (χ2v) is 9.64. The van der Waals surface area contributed by atoms with Crippen molar-refractivity contribution >= 4 is 79.5 Å². The summed E-state index contributed by atoms with van der Waals surface area (Å²) < 4.78 is 0.919. The summed E-state index contributed by atoms with van der Waals surface area (Å²) in [6.07, 6.45) is 0. The number of thiophene rings is 1. The van der Waals surface area contributed by atoms with E-state index in [-0.39, 0.29) is 5.91 Å². The summed E-state index contributed by atoms with van der Waals surface area (Å²) >= 11 is 25.4. The maximum absolute atomic E-state index is 13.0. The number of hydrogen-bond donors (Lipinski definition) is 1. The SMILES string of the molecule is O=C(c1sc2cc(Cl)ccc2c1Cl)N1CCN(C(=S)NCc2ccc(Cl)cc2)CC1. The molecule has 1 amide bonds. The molecular formula is C21H18Cl3N3OS2. The molecule has 4 nitrogen and oxygen atoms in total. The van der Waals surface area contributed by atoms with Crippen molar-refractivity contribution in [2.75, 3.05) is 26.2 Å². The van der Waals surface area contributed by atoms with Crippen LogP contribution in [0.3, 0.4) is 0 Å². The van der Waals surface area contributed by atoms with E-state index in [4.69, 9.17) is 47.0 Å². The van der Waals surface area contributed by atoms with Crippen LogP contribution in [0.2, 0.25) is 15.1 Å². The van der Waals surface area contributed by atoms with Gasteiger partial charge < -0.3 is 15.1 Å². The van der Waals surface area contributed by atoms with Gasteiger partial charge in [0.05, 0.1) is 5.02 Å². The Kier molecular flexibility index (Phi) is 6.70. The molecule has 156 valence electrons. The highest BCUT2D eigenvalue weighted by Gasteiger charge is 2.26. The Morgan fingerprint density at radius 1 is 0.967 bits per heavy atom. The first kappa shape index (κ1) is 21.7. The van der Waals surface area contributed by atoms with Gasteiger partial charge in [-0.2, -0.15) is 0 Å². The molecule has 0 radical (unpaired) electrons. The topological polar surface area (TPSA) is 35.6 Å². The van der Waals surface area contributed by atoms with Crippen molar-refractivity contribution in [1.29, 1.82) is 0 Å². The highest BCUT2D eigenvalue weighted by molar-refractivity contribution is 7.80. The molecule has 0 saturated carbocycles. The van der Waals surface area contributed by atoms with E-state index >= 15 is 0 Å². The number of halogens is 3. The Balaban J connectivity index is 1.35. The predicted molar refractivity (Wildman–Crippen MR) is 130 cm³/mol. The quantitative estimate of drug-likeness (QED) is 0.470. The van der Waals surface area contributed by atoms with Crippen molar-refractivity contribution in [2.45, 2.75) is 6.54 Å². The monoisotopic (exact) mass is 497 g/mol. The molecule has 0 spiro atoms. The van der Waals surface area contributed by atoms with Gasteiger partial charge >= 0.3 is 0 Å². The number of nitrogens with zero attached hydrogens (tertiary/aromatic N) is 2. The predicted octanol–water partition coefficient (Wildman–Crippen LogP) is 5.69. The molecule has 2 aromatic carbocycles. The van der Waals surface area contributed by atoms with E-state index in [0.717, 1.165) is 15.6 Å². The molecule has 1 N–H and O–H groups in total. The average molecular weight is 499 g/mol. The largest absolute Gasteiger partial charge is 0.358 e. The molecule has 1 fully saturated rings. The molecule has 1 saturated heterocycles. The molecular weight excluding hydrogens is 481 g/mol. The van der Waals surface area contributed by atoms with E-state index < -0.39 is 0 Å². The molecule has 1 aromatic heterocycles. The lowest BCUT2D eigenvalue weighted by Crippen LogP contribution is -2.52. The molecule has 0 atom stereocenters. The van der Waals surface area contributed by atoms with Crippen LogP contribution in [0, 0.1) is 0 Å². The number of carbonyl (C=O) groups is 1. The van der Waals surface area contributed by atoms with E-state index in [1.165, 1.54) is 11.3 Å². The molecule has 9 heteroatoms. The Bertz CT molecular complexity index is 1090. The van der Waals surface area contributed by atoms with Crippen molar-refractivity contribution in [3.63, 3.8) is 0 Å². The van der Waals surface area contributed by atoms with Crippen LogP contribution in [0.1, 0.15) is 15.2 Å². The highest BCUT2D eigenvalue weighted by Crippen LogP contribution is 2.37. The van der Waals surface area contributed by atoms with Crippen LogP contribution >= 0.6 is 58.4 Å². The number of benzene rings is 2. The van der Waals surface area contributed by atoms with Crippen molar-refractivity contribution in [2.24, 2.45) is 0 Å². The maximum Gasteiger partial charge on any atom is 0.265 e. The fourth-order valence-corrected chi connectivity index (χ4v) is 5.46. The molecule has 0 bridgehead atoms. The minimum atomic E-state index is -0.0444. The van der Waals surface area contributed by atoms with Crippen molar-refractivity contribution < 1.29 is 4.79 Å². The number of thiocarbonyl (C=S) groups is 1. The van der Waals surface area contributed by atoms with Crippen LogP contribution in [-0.4, -0.2) is 47.0 Å². The van der Waals surface area contributed by atoms with Gasteiger partial charge in [-0.05, 0) is 42.0 Å². The summed E-state index contributed by atoms with van der Waals surface area (Å²) in [5.41, 5.74) is 1.11. The van der Waals surface area contributed by atoms with E-state index in [1.807, 2.05) is 41.3 Å². The average Bonchev–Trinajstić information content (AvgIpc) is 3.08. The summed E-state index contributed by atoms with van der Waals surface area (Å²) in [6.45, 7) is 3.16. The maximum atomic E-state index is 13.0. The molecule has 2 heterocycles. The van der Waals surface area contributed by atoms with Crippen LogP contribution in [-0.2, 0) is 6.54 Å². The zero-order valence-corrected chi connectivity index (χ0v) is 19.7. The zero-order valence-electron chi connectivity index (χ0n) is 15.8. The molecule has 30 heavy (non-hydrogen) atoms. The van der Waals surface area contributed by atoms with Gasteiger partial charge in [0.15, 0.2) is 5.11 Å². The Labute approximate surface area is 199 Å². The van der Waals surface area contributed by atoms with Gasteiger partial charge in [0.1, 0.15) is 4.88 Å². The normalized spacial score (nSPS) is 14.2. The number of amides is 1. The lowest BCUT2D eigenvalue weighted by molar-refractivity contribution is 0.0696. The minimum absolute atomic E-state index is 0.0444. The summed E-state index contributed by atoms with van der Waals surface area (Å²) in [5.74, 6) is -0.0444. The lowest BCUT2D eigenvalue weighted by Gasteiger charge is -2.36. The number of hydrogen-bond acceptors (Lipinski definition) is 3. The van der Waals surface area contributed by atoms with Gasteiger partial charge in [0.2, 0.25) is 0 Å².